The maximum Gasteiger partial charge on any atom is 0.237 e. The van der Waals surface area contributed by atoms with Crippen LogP contribution in [0.5, 0.6) is 0 Å². The lowest BCUT2D eigenvalue weighted by Crippen LogP contribution is -2.53. The fourth-order valence-electron chi connectivity index (χ4n) is 4.23. The molecule has 212 valence electrons. The standard InChI is InChI=1S/C25H44N4O6S2/c1-5-25(2,20-22-8-10-23(11-9-22)36(4,31)32)27-12-6-7-15-28-16-17-29(21-24(28)30)37(33,34)19-14-26-13-18-35-3/h8-11,26-27H,5-7,12-21H2,1-4H3. The van der Waals surface area contributed by atoms with Gasteiger partial charge in [-0.3, -0.25) is 4.79 Å². The van der Waals surface area contributed by atoms with E-state index in [0.717, 1.165) is 37.8 Å². The van der Waals surface area contributed by atoms with Crippen molar-refractivity contribution in [2.75, 3.05) is 71.5 Å². The molecule has 2 rings (SSSR count). The summed E-state index contributed by atoms with van der Waals surface area (Å²) in [4.78, 5) is 14.6. The van der Waals surface area contributed by atoms with E-state index >= 15 is 0 Å². The Labute approximate surface area is 223 Å². The molecule has 37 heavy (non-hydrogen) atoms. The van der Waals surface area contributed by atoms with Crippen LogP contribution in [0.4, 0.5) is 0 Å². The topological polar surface area (TPSA) is 125 Å². The zero-order valence-corrected chi connectivity index (χ0v) is 24.3. The number of hydrogen-bond donors (Lipinski definition) is 2. The summed E-state index contributed by atoms with van der Waals surface area (Å²) in [6.07, 6.45) is 4.63. The van der Waals surface area contributed by atoms with Gasteiger partial charge in [0.1, 0.15) is 0 Å². The number of unbranched alkanes of at least 4 members (excludes halogenated alkanes) is 1. The van der Waals surface area contributed by atoms with E-state index in [9.17, 15) is 21.6 Å². The molecule has 0 spiro atoms. The quantitative estimate of drug-likeness (QED) is 0.269. The van der Waals surface area contributed by atoms with Crippen molar-refractivity contribution in [2.45, 2.75) is 50.0 Å². The van der Waals surface area contributed by atoms with Crippen LogP contribution in [0.15, 0.2) is 29.2 Å². The Morgan fingerprint density at radius 1 is 1.03 bits per heavy atom. The number of carbonyl (C=O) groups is 1. The molecule has 1 fully saturated rings. The molecule has 0 bridgehead atoms. The smallest absolute Gasteiger partial charge is 0.237 e. The van der Waals surface area contributed by atoms with E-state index in [2.05, 4.69) is 24.5 Å². The molecule has 1 heterocycles. The molecule has 1 aromatic rings. The Morgan fingerprint density at radius 3 is 2.32 bits per heavy atom. The number of methoxy groups -OCH3 is 1. The average molecular weight is 561 g/mol. The molecule has 12 heteroatoms. The summed E-state index contributed by atoms with van der Waals surface area (Å²) >= 11 is 0. The summed E-state index contributed by atoms with van der Waals surface area (Å²) in [5, 5.41) is 6.65. The van der Waals surface area contributed by atoms with Crippen LogP contribution in [0, 0.1) is 0 Å². The summed E-state index contributed by atoms with van der Waals surface area (Å²) in [5.74, 6) is -0.181. The van der Waals surface area contributed by atoms with Gasteiger partial charge in [0.05, 0.1) is 23.8 Å². The largest absolute Gasteiger partial charge is 0.383 e. The summed E-state index contributed by atoms with van der Waals surface area (Å²) in [7, 11) is -5.08. The first-order valence-electron chi connectivity index (χ1n) is 12.9. The zero-order chi connectivity index (χ0) is 27.5. The van der Waals surface area contributed by atoms with Crippen molar-refractivity contribution in [3.8, 4) is 0 Å². The van der Waals surface area contributed by atoms with E-state index in [4.69, 9.17) is 4.74 Å². The van der Waals surface area contributed by atoms with Crippen LogP contribution in [-0.2, 0) is 35.8 Å². The lowest BCUT2D eigenvalue weighted by atomic mass is 9.90. The Kier molecular flexibility index (Phi) is 12.4. The first-order valence-corrected chi connectivity index (χ1v) is 16.4. The Morgan fingerprint density at radius 2 is 1.73 bits per heavy atom. The van der Waals surface area contributed by atoms with Gasteiger partial charge in [-0.25, -0.2) is 16.8 Å². The molecule has 1 aliphatic rings. The minimum atomic E-state index is -3.47. The van der Waals surface area contributed by atoms with Crippen molar-refractivity contribution >= 4 is 25.8 Å². The second kappa shape index (κ2) is 14.5. The highest BCUT2D eigenvalue weighted by atomic mass is 32.2. The third-order valence-electron chi connectivity index (χ3n) is 6.83. The number of sulfone groups is 1. The van der Waals surface area contributed by atoms with Crippen molar-refractivity contribution in [3.05, 3.63) is 29.8 Å². The SMILES string of the molecule is CCC(C)(Cc1ccc(S(C)(=O)=O)cc1)NCCCCN1CCN(S(=O)(=O)CCNCCOC)CC1=O. The second-order valence-electron chi connectivity index (χ2n) is 9.91. The number of rotatable bonds is 17. The molecule has 0 saturated carbocycles. The van der Waals surface area contributed by atoms with Crippen LogP contribution in [0.25, 0.3) is 0 Å². The van der Waals surface area contributed by atoms with Gasteiger partial charge in [-0.1, -0.05) is 19.1 Å². The summed E-state index contributed by atoms with van der Waals surface area (Å²) < 4.78 is 54.6. The number of nitrogens with one attached hydrogen (secondary N) is 2. The molecule has 1 amide bonds. The average Bonchev–Trinajstić information content (AvgIpc) is 2.84. The fraction of sp³-hybridized carbons (Fsp3) is 0.720. The Balaban J connectivity index is 1.71. The molecule has 1 unspecified atom stereocenters. The molecule has 1 aromatic carbocycles. The lowest BCUT2D eigenvalue weighted by molar-refractivity contribution is -0.134. The summed E-state index contributed by atoms with van der Waals surface area (Å²) in [6, 6.07) is 7.05. The van der Waals surface area contributed by atoms with Gasteiger partial charge >= 0.3 is 0 Å². The van der Waals surface area contributed by atoms with Crippen LogP contribution in [0.2, 0.25) is 0 Å². The monoisotopic (exact) mass is 560 g/mol. The van der Waals surface area contributed by atoms with Gasteiger partial charge in [0.15, 0.2) is 9.84 Å². The summed E-state index contributed by atoms with van der Waals surface area (Å²) in [6.45, 7) is 7.78. The number of piperazine rings is 1. The second-order valence-corrected chi connectivity index (χ2v) is 14.0. The van der Waals surface area contributed by atoms with E-state index in [0.29, 0.717) is 44.2 Å². The highest BCUT2D eigenvalue weighted by Gasteiger charge is 2.31. The maximum absolute atomic E-state index is 12.6. The molecule has 0 aromatic heterocycles. The third kappa shape index (κ3) is 10.6. The van der Waals surface area contributed by atoms with Crippen LogP contribution in [-0.4, -0.2) is 109 Å². The Hall–Kier alpha value is -1.57. The van der Waals surface area contributed by atoms with Crippen LogP contribution in [0.1, 0.15) is 38.7 Å². The minimum Gasteiger partial charge on any atom is -0.383 e. The number of benzene rings is 1. The van der Waals surface area contributed by atoms with Gasteiger partial charge < -0.3 is 20.3 Å². The highest BCUT2D eigenvalue weighted by Crippen LogP contribution is 2.19. The number of hydrogen-bond acceptors (Lipinski definition) is 8. The molecule has 1 atom stereocenters. The van der Waals surface area contributed by atoms with Crippen LogP contribution >= 0.6 is 0 Å². The molecule has 2 N–H and O–H groups in total. The van der Waals surface area contributed by atoms with E-state index < -0.39 is 19.9 Å². The van der Waals surface area contributed by atoms with E-state index in [1.807, 2.05) is 12.1 Å². The van der Waals surface area contributed by atoms with E-state index in [1.165, 1.54) is 10.6 Å². The van der Waals surface area contributed by atoms with Crippen LogP contribution < -0.4 is 10.6 Å². The molecule has 0 aliphatic carbocycles. The van der Waals surface area contributed by atoms with Gasteiger partial charge in [0, 0.05) is 51.6 Å². The highest BCUT2D eigenvalue weighted by molar-refractivity contribution is 7.90. The predicted octanol–water partition coefficient (Wildman–Crippen LogP) is 0.881. The number of ether oxygens (including phenoxy) is 1. The zero-order valence-electron chi connectivity index (χ0n) is 22.7. The molecule has 1 saturated heterocycles. The Bertz CT molecular complexity index is 1060. The van der Waals surface area contributed by atoms with Gasteiger partial charge in [-0.15, -0.1) is 0 Å². The first-order chi connectivity index (χ1) is 17.4. The van der Waals surface area contributed by atoms with Crippen molar-refractivity contribution < 1.29 is 26.4 Å². The van der Waals surface area contributed by atoms with Gasteiger partial charge in [0.2, 0.25) is 15.9 Å². The number of carbonyl (C=O) groups excluding carboxylic acids is 1. The van der Waals surface area contributed by atoms with Crippen molar-refractivity contribution in [2.24, 2.45) is 0 Å². The number of nitrogens with zero attached hydrogens (tertiary/aromatic N) is 2. The number of amides is 1. The first kappa shape index (κ1) is 31.6. The lowest BCUT2D eigenvalue weighted by Gasteiger charge is -2.34. The maximum atomic E-state index is 12.6. The van der Waals surface area contributed by atoms with E-state index in [-0.39, 0.29) is 23.7 Å². The molecule has 1 aliphatic heterocycles. The molecule has 10 nitrogen and oxygen atoms in total. The molecular weight excluding hydrogens is 516 g/mol. The summed E-state index contributed by atoms with van der Waals surface area (Å²) in [5.41, 5.74) is 0.953. The third-order valence-corrected chi connectivity index (χ3v) is 9.78. The van der Waals surface area contributed by atoms with Gasteiger partial charge in [0.25, 0.3) is 0 Å². The molecule has 0 radical (unpaired) electrons. The predicted molar refractivity (Wildman–Crippen MR) is 146 cm³/mol. The minimum absolute atomic E-state index is 0.0340. The normalized spacial score (nSPS) is 17.2. The van der Waals surface area contributed by atoms with Gasteiger partial charge in [-0.2, -0.15) is 4.31 Å². The van der Waals surface area contributed by atoms with Gasteiger partial charge in [-0.05, 0) is 56.8 Å². The number of sulfonamides is 1. The van der Waals surface area contributed by atoms with Crippen LogP contribution in [0.3, 0.4) is 0 Å². The van der Waals surface area contributed by atoms with E-state index in [1.54, 1.807) is 24.1 Å². The van der Waals surface area contributed by atoms with Crippen molar-refractivity contribution in [1.29, 1.82) is 0 Å². The van der Waals surface area contributed by atoms with Crippen molar-refractivity contribution in [3.63, 3.8) is 0 Å². The van der Waals surface area contributed by atoms with Crippen molar-refractivity contribution in [1.82, 2.24) is 19.8 Å². The fourth-order valence-corrected chi connectivity index (χ4v) is 6.18. The molecular formula is C25H44N4O6S2.